The summed E-state index contributed by atoms with van der Waals surface area (Å²) in [6.07, 6.45) is 0.924. The number of hydrogen-bond acceptors (Lipinski definition) is 3. The van der Waals surface area contributed by atoms with Crippen molar-refractivity contribution in [1.29, 1.82) is 0 Å². The first-order valence-corrected chi connectivity index (χ1v) is 6.98. The highest BCUT2D eigenvalue weighted by Crippen LogP contribution is 2.25. The summed E-state index contributed by atoms with van der Waals surface area (Å²) in [6.45, 7) is 6.95. The predicted molar refractivity (Wildman–Crippen MR) is 75.0 cm³/mol. The van der Waals surface area contributed by atoms with Crippen molar-refractivity contribution in [2.45, 2.75) is 45.8 Å². The second kappa shape index (κ2) is 4.98. The SMILES string of the molecule is Cc1cc(F)ccc1C(C)n1nnc2c1C[C@@H](C)NC2. The highest BCUT2D eigenvalue weighted by molar-refractivity contribution is 5.30. The fourth-order valence-electron chi connectivity index (χ4n) is 2.88. The molecule has 0 radical (unpaired) electrons. The molecule has 5 heteroatoms. The maximum atomic E-state index is 13.2. The Kier molecular flexibility index (Phi) is 3.30. The molecule has 1 aliphatic rings. The Morgan fingerprint density at radius 2 is 2.25 bits per heavy atom. The fourth-order valence-corrected chi connectivity index (χ4v) is 2.88. The molecule has 1 aliphatic heterocycles. The van der Waals surface area contributed by atoms with Crippen LogP contribution in [0.5, 0.6) is 0 Å². The third kappa shape index (κ3) is 2.22. The number of nitrogens with one attached hydrogen (secondary N) is 1. The Balaban J connectivity index is 1.99. The number of nitrogens with zero attached hydrogens (tertiary/aromatic N) is 3. The number of benzene rings is 1. The minimum atomic E-state index is -0.197. The molecule has 0 saturated heterocycles. The van der Waals surface area contributed by atoms with Crippen LogP contribution in [-0.2, 0) is 13.0 Å². The topological polar surface area (TPSA) is 42.7 Å². The summed E-state index contributed by atoms with van der Waals surface area (Å²) in [5.41, 5.74) is 4.25. The van der Waals surface area contributed by atoms with Crippen LogP contribution in [-0.4, -0.2) is 21.0 Å². The van der Waals surface area contributed by atoms with Gasteiger partial charge < -0.3 is 5.32 Å². The molecule has 0 saturated carbocycles. The lowest BCUT2D eigenvalue weighted by molar-refractivity contribution is 0.464. The first kappa shape index (κ1) is 13.2. The summed E-state index contributed by atoms with van der Waals surface area (Å²) in [5.74, 6) is -0.197. The second-order valence-electron chi connectivity index (χ2n) is 5.59. The van der Waals surface area contributed by atoms with Gasteiger partial charge >= 0.3 is 0 Å². The third-order valence-electron chi connectivity index (χ3n) is 4.04. The molecule has 4 nitrogen and oxygen atoms in total. The van der Waals surface area contributed by atoms with Crippen molar-refractivity contribution in [3.63, 3.8) is 0 Å². The Hall–Kier alpha value is -1.75. The highest BCUT2D eigenvalue weighted by Gasteiger charge is 2.24. The minimum absolute atomic E-state index is 0.0668. The Morgan fingerprint density at radius 3 is 3.00 bits per heavy atom. The number of rotatable bonds is 2. The van der Waals surface area contributed by atoms with Crippen molar-refractivity contribution in [3.8, 4) is 0 Å². The molecule has 2 aromatic rings. The molecule has 2 atom stereocenters. The van der Waals surface area contributed by atoms with Crippen molar-refractivity contribution in [2.24, 2.45) is 0 Å². The molecule has 106 valence electrons. The summed E-state index contributed by atoms with van der Waals surface area (Å²) in [6, 6.07) is 5.41. The smallest absolute Gasteiger partial charge is 0.123 e. The summed E-state index contributed by atoms with van der Waals surface area (Å²) in [7, 11) is 0. The number of fused-ring (bicyclic) bond motifs is 1. The zero-order chi connectivity index (χ0) is 14.3. The van der Waals surface area contributed by atoms with Gasteiger partial charge in [0.05, 0.1) is 17.4 Å². The minimum Gasteiger partial charge on any atom is -0.308 e. The molecule has 0 amide bonds. The van der Waals surface area contributed by atoms with E-state index >= 15 is 0 Å². The van der Waals surface area contributed by atoms with E-state index in [1.165, 1.54) is 11.8 Å². The van der Waals surface area contributed by atoms with Crippen molar-refractivity contribution >= 4 is 0 Å². The van der Waals surface area contributed by atoms with Crippen LogP contribution in [0.25, 0.3) is 0 Å². The lowest BCUT2D eigenvalue weighted by Crippen LogP contribution is -2.34. The van der Waals surface area contributed by atoms with E-state index < -0.39 is 0 Å². The quantitative estimate of drug-likeness (QED) is 0.914. The van der Waals surface area contributed by atoms with E-state index in [0.717, 1.165) is 29.8 Å². The van der Waals surface area contributed by atoms with Crippen LogP contribution in [0.2, 0.25) is 0 Å². The van der Waals surface area contributed by atoms with Gasteiger partial charge in [-0.1, -0.05) is 11.3 Å². The molecule has 20 heavy (non-hydrogen) atoms. The Labute approximate surface area is 118 Å². The number of halogens is 1. The molecular formula is C15H19FN4. The van der Waals surface area contributed by atoms with Crippen LogP contribution < -0.4 is 5.32 Å². The summed E-state index contributed by atoms with van der Waals surface area (Å²) in [5, 5.41) is 11.9. The third-order valence-corrected chi connectivity index (χ3v) is 4.04. The molecule has 0 bridgehead atoms. The van der Waals surface area contributed by atoms with Gasteiger partial charge in [-0.25, -0.2) is 9.07 Å². The maximum Gasteiger partial charge on any atom is 0.123 e. The van der Waals surface area contributed by atoms with Crippen molar-refractivity contribution in [3.05, 3.63) is 46.5 Å². The zero-order valence-electron chi connectivity index (χ0n) is 12.0. The average Bonchev–Trinajstić information content (AvgIpc) is 2.81. The monoisotopic (exact) mass is 274 g/mol. The normalized spacial score (nSPS) is 19.7. The van der Waals surface area contributed by atoms with E-state index in [1.807, 2.05) is 17.7 Å². The first-order chi connectivity index (χ1) is 9.56. The van der Waals surface area contributed by atoms with Crippen LogP contribution in [0.1, 0.15) is 42.4 Å². The van der Waals surface area contributed by atoms with E-state index in [9.17, 15) is 4.39 Å². The fraction of sp³-hybridized carbons (Fsp3) is 0.467. The summed E-state index contributed by atoms with van der Waals surface area (Å²) in [4.78, 5) is 0. The summed E-state index contributed by atoms with van der Waals surface area (Å²) < 4.78 is 15.2. The average molecular weight is 274 g/mol. The molecule has 3 rings (SSSR count). The second-order valence-corrected chi connectivity index (χ2v) is 5.59. The van der Waals surface area contributed by atoms with Gasteiger partial charge in [-0.2, -0.15) is 0 Å². The van der Waals surface area contributed by atoms with Gasteiger partial charge in [0.25, 0.3) is 0 Å². The molecule has 1 unspecified atom stereocenters. The van der Waals surface area contributed by atoms with Gasteiger partial charge in [-0.3, -0.25) is 0 Å². The van der Waals surface area contributed by atoms with E-state index in [2.05, 4.69) is 29.5 Å². The molecular weight excluding hydrogens is 255 g/mol. The largest absolute Gasteiger partial charge is 0.308 e. The van der Waals surface area contributed by atoms with Gasteiger partial charge in [0.1, 0.15) is 5.82 Å². The van der Waals surface area contributed by atoms with Crippen LogP contribution >= 0.6 is 0 Å². The van der Waals surface area contributed by atoms with E-state index in [4.69, 9.17) is 0 Å². The molecule has 2 heterocycles. The maximum absolute atomic E-state index is 13.2. The summed E-state index contributed by atoms with van der Waals surface area (Å²) >= 11 is 0. The van der Waals surface area contributed by atoms with Crippen molar-refractivity contribution in [2.75, 3.05) is 0 Å². The number of hydrogen-bond donors (Lipinski definition) is 1. The van der Waals surface area contributed by atoms with Crippen LogP contribution in [0, 0.1) is 12.7 Å². The van der Waals surface area contributed by atoms with Crippen LogP contribution in [0.4, 0.5) is 4.39 Å². The van der Waals surface area contributed by atoms with Crippen molar-refractivity contribution < 1.29 is 4.39 Å². The highest BCUT2D eigenvalue weighted by atomic mass is 19.1. The van der Waals surface area contributed by atoms with Gasteiger partial charge in [-0.05, 0) is 44.0 Å². The van der Waals surface area contributed by atoms with Crippen molar-refractivity contribution in [1.82, 2.24) is 20.3 Å². The Bertz CT molecular complexity index is 635. The Morgan fingerprint density at radius 1 is 1.45 bits per heavy atom. The first-order valence-electron chi connectivity index (χ1n) is 6.98. The van der Waals surface area contributed by atoms with Crippen LogP contribution in [0.15, 0.2) is 18.2 Å². The zero-order valence-corrected chi connectivity index (χ0v) is 12.0. The lowest BCUT2D eigenvalue weighted by Gasteiger charge is -2.23. The molecule has 1 aromatic heterocycles. The van der Waals surface area contributed by atoms with E-state index in [-0.39, 0.29) is 11.9 Å². The van der Waals surface area contributed by atoms with Gasteiger partial charge in [0.15, 0.2) is 0 Å². The van der Waals surface area contributed by atoms with E-state index in [1.54, 1.807) is 6.07 Å². The molecule has 0 aliphatic carbocycles. The molecule has 1 aromatic carbocycles. The standard InChI is InChI=1S/C15H19FN4/c1-9-6-12(16)4-5-13(9)11(3)20-15-7-10(2)17-8-14(15)18-19-20/h4-6,10-11,17H,7-8H2,1-3H3/t10-,11?/m1/s1. The number of aromatic nitrogens is 3. The van der Waals surface area contributed by atoms with Gasteiger partial charge in [0, 0.05) is 19.0 Å². The van der Waals surface area contributed by atoms with E-state index in [0.29, 0.717) is 6.04 Å². The molecule has 1 N–H and O–H groups in total. The molecule has 0 fully saturated rings. The van der Waals surface area contributed by atoms with Crippen LogP contribution in [0.3, 0.4) is 0 Å². The lowest BCUT2D eigenvalue weighted by atomic mass is 10.0. The van der Waals surface area contributed by atoms with Gasteiger partial charge in [-0.15, -0.1) is 5.10 Å². The predicted octanol–water partition coefficient (Wildman–Crippen LogP) is 2.37. The van der Waals surface area contributed by atoms with Gasteiger partial charge in [0.2, 0.25) is 0 Å². The number of aryl methyl sites for hydroxylation is 1. The molecule has 0 spiro atoms.